The fourth-order valence-electron chi connectivity index (χ4n) is 3.40. The zero-order valence-electron chi connectivity index (χ0n) is 14.3. The van der Waals surface area contributed by atoms with Crippen molar-refractivity contribution < 1.29 is 4.79 Å². The summed E-state index contributed by atoms with van der Waals surface area (Å²) < 4.78 is 0. The van der Waals surface area contributed by atoms with Crippen molar-refractivity contribution in [3.05, 3.63) is 64.7 Å². The summed E-state index contributed by atoms with van der Waals surface area (Å²) in [5.41, 5.74) is 5.68. The Kier molecular flexibility index (Phi) is 4.51. The number of nitrogens with zero attached hydrogens (tertiary/aromatic N) is 1. The first-order valence-corrected chi connectivity index (χ1v) is 8.55. The quantitative estimate of drug-likeness (QED) is 0.798. The molecular weight excluding hydrogens is 282 g/mol. The van der Waals surface area contributed by atoms with Gasteiger partial charge in [0.2, 0.25) is 0 Å². The molecule has 120 valence electrons. The van der Waals surface area contributed by atoms with Gasteiger partial charge in [-0.2, -0.15) is 0 Å². The summed E-state index contributed by atoms with van der Waals surface area (Å²) in [6, 6.07) is 14.5. The molecule has 0 aromatic heterocycles. The molecule has 0 spiro atoms. The maximum Gasteiger partial charge on any atom is 0.258 e. The number of benzene rings is 2. The number of aryl methyl sites for hydroxylation is 2. The standard InChI is InChI=1S/C21H25NO/c1-15(2)12-17-6-4-7-19(14-17)21(23)22-11-5-8-18-13-16(3)9-10-20(18)22/h4,6-7,9-10,13-15H,5,8,11-12H2,1-3H3. The fourth-order valence-corrected chi connectivity index (χ4v) is 3.40. The average Bonchev–Trinajstić information content (AvgIpc) is 2.53. The minimum atomic E-state index is 0.125. The highest BCUT2D eigenvalue weighted by Crippen LogP contribution is 2.29. The van der Waals surface area contributed by atoms with Gasteiger partial charge in [0.25, 0.3) is 5.91 Å². The molecule has 23 heavy (non-hydrogen) atoms. The lowest BCUT2D eigenvalue weighted by atomic mass is 9.97. The molecule has 1 aliphatic rings. The highest BCUT2D eigenvalue weighted by atomic mass is 16.2. The van der Waals surface area contributed by atoms with Crippen LogP contribution in [0.4, 0.5) is 5.69 Å². The molecule has 2 heteroatoms. The largest absolute Gasteiger partial charge is 0.308 e. The van der Waals surface area contributed by atoms with Gasteiger partial charge in [-0.3, -0.25) is 4.79 Å². The summed E-state index contributed by atoms with van der Waals surface area (Å²) >= 11 is 0. The van der Waals surface area contributed by atoms with E-state index < -0.39 is 0 Å². The number of hydrogen-bond acceptors (Lipinski definition) is 1. The highest BCUT2D eigenvalue weighted by molar-refractivity contribution is 6.06. The van der Waals surface area contributed by atoms with Gasteiger partial charge in [0.1, 0.15) is 0 Å². The number of hydrogen-bond donors (Lipinski definition) is 0. The van der Waals surface area contributed by atoms with E-state index in [-0.39, 0.29) is 5.91 Å². The summed E-state index contributed by atoms with van der Waals surface area (Å²) in [5, 5.41) is 0. The smallest absolute Gasteiger partial charge is 0.258 e. The molecule has 0 atom stereocenters. The zero-order valence-corrected chi connectivity index (χ0v) is 14.3. The number of carbonyl (C=O) groups excluding carboxylic acids is 1. The number of amides is 1. The van der Waals surface area contributed by atoms with Crippen LogP contribution >= 0.6 is 0 Å². The number of anilines is 1. The Morgan fingerprint density at radius 2 is 2.00 bits per heavy atom. The van der Waals surface area contributed by atoms with Crippen LogP contribution in [0.2, 0.25) is 0 Å². The Balaban J connectivity index is 1.90. The second-order valence-electron chi connectivity index (χ2n) is 6.99. The highest BCUT2D eigenvalue weighted by Gasteiger charge is 2.23. The third-order valence-corrected chi connectivity index (χ3v) is 4.42. The van der Waals surface area contributed by atoms with Crippen molar-refractivity contribution >= 4 is 11.6 Å². The van der Waals surface area contributed by atoms with Crippen LogP contribution in [0.3, 0.4) is 0 Å². The number of rotatable bonds is 3. The van der Waals surface area contributed by atoms with Gasteiger partial charge in [-0.1, -0.05) is 43.7 Å². The fraction of sp³-hybridized carbons (Fsp3) is 0.381. The van der Waals surface area contributed by atoms with Gasteiger partial charge >= 0.3 is 0 Å². The van der Waals surface area contributed by atoms with Gasteiger partial charge in [0.05, 0.1) is 0 Å². The van der Waals surface area contributed by atoms with Gasteiger partial charge in [-0.15, -0.1) is 0 Å². The zero-order chi connectivity index (χ0) is 16.4. The molecular formula is C21H25NO. The van der Waals surface area contributed by atoms with E-state index in [4.69, 9.17) is 0 Å². The third kappa shape index (κ3) is 3.47. The minimum absolute atomic E-state index is 0.125. The molecule has 1 aliphatic heterocycles. The van der Waals surface area contributed by atoms with E-state index in [9.17, 15) is 4.79 Å². The van der Waals surface area contributed by atoms with E-state index in [1.807, 2.05) is 17.0 Å². The third-order valence-electron chi connectivity index (χ3n) is 4.42. The van der Waals surface area contributed by atoms with Gasteiger partial charge in [-0.25, -0.2) is 0 Å². The van der Waals surface area contributed by atoms with E-state index in [1.165, 1.54) is 16.7 Å². The van der Waals surface area contributed by atoms with E-state index in [0.29, 0.717) is 5.92 Å². The minimum Gasteiger partial charge on any atom is -0.308 e. The molecule has 2 aromatic rings. The Hall–Kier alpha value is -2.09. The second kappa shape index (κ2) is 6.57. The molecule has 2 aromatic carbocycles. The Morgan fingerprint density at radius 3 is 2.78 bits per heavy atom. The lowest BCUT2D eigenvalue weighted by Gasteiger charge is -2.30. The SMILES string of the molecule is Cc1ccc2c(c1)CCCN2C(=O)c1cccc(CC(C)C)c1. The topological polar surface area (TPSA) is 20.3 Å². The van der Waals surface area contributed by atoms with Crippen molar-refractivity contribution in [1.29, 1.82) is 0 Å². The number of fused-ring (bicyclic) bond motifs is 1. The molecule has 0 radical (unpaired) electrons. The van der Waals surface area contributed by atoms with Crippen molar-refractivity contribution in [2.24, 2.45) is 5.92 Å². The van der Waals surface area contributed by atoms with Crippen LogP contribution in [0.1, 0.15) is 47.3 Å². The van der Waals surface area contributed by atoms with E-state index in [1.54, 1.807) is 0 Å². The van der Waals surface area contributed by atoms with Gasteiger partial charge in [-0.05, 0) is 61.4 Å². The molecule has 0 N–H and O–H groups in total. The molecule has 0 aliphatic carbocycles. The van der Waals surface area contributed by atoms with Crippen LogP contribution in [0, 0.1) is 12.8 Å². The maximum absolute atomic E-state index is 13.0. The van der Waals surface area contributed by atoms with Crippen molar-refractivity contribution in [3.63, 3.8) is 0 Å². The summed E-state index contributed by atoms with van der Waals surface area (Å²) in [5.74, 6) is 0.722. The molecule has 3 rings (SSSR count). The molecule has 1 amide bonds. The van der Waals surface area contributed by atoms with E-state index in [2.05, 4.69) is 51.1 Å². The van der Waals surface area contributed by atoms with Crippen LogP contribution in [0.25, 0.3) is 0 Å². The molecule has 0 bridgehead atoms. The Labute approximate surface area is 139 Å². The molecule has 0 unspecified atom stereocenters. The monoisotopic (exact) mass is 307 g/mol. The predicted octanol–water partition coefficient (Wildman–Crippen LogP) is 4.79. The number of carbonyl (C=O) groups is 1. The van der Waals surface area contributed by atoms with Gasteiger partial charge in [0.15, 0.2) is 0 Å². The molecule has 0 saturated heterocycles. The van der Waals surface area contributed by atoms with Crippen LogP contribution in [-0.2, 0) is 12.8 Å². The lowest BCUT2D eigenvalue weighted by molar-refractivity contribution is 0.0985. The molecule has 1 heterocycles. The van der Waals surface area contributed by atoms with Crippen molar-refractivity contribution in [2.45, 2.75) is 40.0 Å². The van der Waals surface area contributed by atoms with Crippen LogP contribution < -0.4 is 4.90 Å². The molecule has 0 fully saturated rings. The maximum atomic E-state index is 13.0. The first kappa shape index (κ1) is 15.8. The van der Waals surface area contributed by atoms with Crippen molar-refractivity contribution in [1.82, 2.24) is 0 Å². The van der Waals surface area contributed by atoms with Crippen molar-refractivity contribution in [2.75, 3.05) is 11.4 Å². The summed E-state index contributed by atoms with van der Waals surface area (Å²) in [4.78, 5) is 15.0. The average molecular weight is 307 g/mol. The van der Waals surface area contributed by atoms with E-state index >= 15 is 0 Å². The summed E-state index contributed by atoms with van der Waals surface area (Å²) in [6.07, 6.45) is 3.11. The van der Waals surface area contributed by atoms with Crippen LogP contribution in [0.5, 0.6) is 0 Å². The Bertz CT molecular complexity index is 718. The normalized spacial score (nSPS) is 14.0. The predicted molar refractivity (Wildman–Crippen MR) is 96.2 cm³/mol. The van der Waals surface area contributed by atoms with Gasteiger partial charge < -0.3 is 4.90 Å². The van der Waals surface area contributed by atoms with E-state index in [0.717, 1.165) is 37.1 Å². The van der Waals surface area contributed by atoms with Crippen molar-refractivity contribution in [3.8, 4) is 0 Å². The first-order valence-electron chi connectivity index (χ1n) is 8.55. The van der Waals surface area contributed by atoms with Gasteiger partial charge in [0, 0.05) is 17.8 Å². The summed E-state index contributed by atoms with van der Waals surface area (Å²) in [6.45, 7) is 7.33. The van der Waals surface area contributed by atoms with Crippen LogP contribution in [0.15, 0.2) is 42.5 Å². The molecule has 0 saturated carbocycles. The van der Waals surface area contributed by atoms with Crippen LogP contribution in [-0.4, -0.2) is 12.5 Å². The first-order chi connectivity index (χ1) is 11.0. The Morgan fingerprint density at radius 1 is 1.17 bits per heavy atom. The molecule has 2 nitrogen and oxygen atoms in total. The second-order valence-corrected chi connectivity index (χ2v) is 6.99. The summed E-state index contributed by atoms with van der Waals surface area (Å²) in [7, 11) is 0. The lowest BCUT2D eigenvalue weighted by Crippen LogP contribution is -2.35.